The largest absolute Gasteiger partial charge is 0.482 e. The number of rotatable bonds is 6. The zero-order valence-electron chi connectivity index (χ0n) is 16.4. The maximum Gasteiger partial charge on any atom is 0.262 e. The Balaban J connectivity index is 1.59. The molecule has 0 spiro atoms. The third-order valence-electron chi connectivity index (χ3n) is 4.29. The van der Waals surface area contributed by atoms with E-state index in [0.29, 0.717) is 26.5 Å². The third-order valence-corrected chi connectivity index (χ3v) is 5.40. The average molecular weight is 462 g/mol. The van der Waals surface area contributed by atoms with E-state index in [1.807, 2.05) is 32.0 Å². The van der Waals surface area contributed by atoms with Crippen molar-refractivity contribution >= 4 is 58.3 Å². The van der Waals surface area contributed by atoms with E-state index in [4.69, 9.17) is 39.5 Å². The maximum atomic E-state index is 12.1. The molecule has 0 saturated carbocycles. The number of carbonyl (C=O) groups excluding carboxylic acids is 1. The number of amides is 1. The molecule has 1 N–H and O–H groups in total. The molecule has 3 rings (SSSR count). The summed E-state index contributed by atoms with van der Waals surface area (Å²) in [5.41, 5.74) is 4.08. The van der Waals surface area contributed by atoms with Gasteiger partial charge < -0.3 is 10.1 Å². The first-order valence-corrected chi connectivity index (χ1v) is 10.2. The fourth-order valence-corrected chi connectivity index (χ4v) is 3.14. The molecule has 0 aliphatic heterocycles. The molecule has 0 aromatic heterocycles. The molecule has 1 amide bonds. The topological polar surface area (TPSA) is 50.7 Å². The van der Waals surface area contributed by atoms with Crippen LogP contribution in [0.1, 0.15) is 16.7 Å². The molecule has 3 aromatic carbocycles. The van der Waals surface area contributed by atoms with Crippen molar-refractivity contribution in [3.8, 4) is 5.75 Å². The van der Waals surface area contributed by atoms with Gasteiger partial charge in [0, 0.05) is 21.9 Å². The van der Waals surface area contributed by atoms with Gasteiger partial charge in [-0.05, 0) is 73.0 Å². The summed E-state index contributed by atoms with van der Waals surface area (Å²) in [5, 5.41) is 4.37. The first-order valence-electron chi connectivity index (χ1n) is 9.10. The van der Waals surface area contributed by atoms with Crippen molar-refractivity contribution in [2.24, 2.45) is 4.99 Å². The van der Waals surface area contributed by atoms with Crippen LogP contribution < -0.4 is 10.1 Å². The van der Waals surface area contributed by atoms with Gasteiger partial charge in [-0.2, -0.15) is 0 Å². The zero-order valence-corrected chi connectivity index (χ0v) is 18.6. The second kappa shape index (κ2) is 9.98. The van der Waals surface area contributed by atoms with E-state index in [1.165, 1.54) is 0 Å². The Hall–Kier alpha value is -2.53. The number of aliphatic imine (C=N–C) groups is 1. The SMILES string of the molecule is Cc1ccc(N=Cc2ccc(OCC(=O)Nc3ccc(C)c(Cl)c3)c(Cl)c2)cc1Cl. The number of benzene rings is 3. The van der Waals surface area contributed by atoms with Gasteiger partial charge in [0.25, 0.3) is 5.91 Å². The van der Waals surface area contributed by atoms with E-state index in [9.17, 15) is 4.79 Å². The molecule has 0 radical (unpaired) electrons. The monoisotopic (exact) mass is 460 g/mol. The van der Waals surface area contributed by atoms with Crippen molar-refractivity contribution in [2.75, 3.05) is 11.9 Å². The summed E-state index contributed by atoms with van der Waals surface area (Å²) in [6.07, 6.45) is 1.69. The molecule has 7 heteroatoms. The highest BCUT2D eigenvalue weighted by Crippen LogP contribution is 2.26. The summed E-state index contributed by atoms with van der Waals surface area (Å²) in [5.74, 6) is 0.0946. The molecule has 0 fully saturated rings. The number of hydrogen-bond donors (Lipinski definition) is 1. The number of anilines is 1. The lowest BCUT2D eigenvalue weighted by Gasteiger charge is -2.10. The lowest BCUT2D eigenvalue weighted by Crippen LogP contribution is -2.20. The van der Waals surface area contributed by atoms with Crippen LogP contribution in [0.3, 0.4) is 0 Å². The van der Waals surface area contributed by atoms with E-state index >= 15 is 0 Å². The highest BCUT2D eigenvalue weighted by molar-refractivity contribution is 6.32. The van der Waals surface area contributed by atoms with Gasteiger partial charge in [0.05, 0.1) is 10.7 Å². The van der Waals surface area contributed by atoms with Crippen LogP contribution in [0.25, 0.3) is 0 Å². The number of aryl methyl sites for hydroxylation is 2. The van der Waals surface area contributed by atoms with E-state index in [1.54, 1.807) is 42.6 Å². The molecule has 30 heavy (non-hydrogen) atoms. The molecule has 154 valence electrons. The number of nitrogens with one attached hydrogen (secondary N) is 1. The van der Waals surface area contributed by atoms with Gasteiger partial charge in [-0.3, -0.25) is 9.79 Å². The van der Waals surface area contributed by atoms with Crippen LogP contribution in [-0.4, -0.2) is 18.7 Å². The van der Waals surface area contributed by atoms with Crippen molar-refractivity contribution in [3.05, 3.63) is 86.4 Å². The minimum atomic E-state index is -0.312. The maximum absolute atomic E-state index is 12.1. The highest BCUT2D eigenvalue weighted by atomic mass is 35.5. The molecular formula is C23H19Cl3N2O2. The second-order valence-corrected chi connectivity index (χ2v) is 7.90. The lowest BCUT2D eigenvalue weighted by atomic mass is 10.2. The van der Waals surface area contributed by atoms with E-state index < -0.39 is 0 Å². The molecule has 0 saturated heterocycles. The van der Waals surface area contributed by atoms with Gasteiger partial charge in [-0.25, -0.2) is 0 Å². The Labute approximate surface area is 190 Å². The van der Waals surface area contributed by atoms with E-state index in [2.05, 4.69) is 10.3 Å². The Bertz CT molecular complexity index is 1110. The first kappa shape index (κ1) is 22.2. The van der Waals surface area contributed by atoms with Crippen molar-refractivity contribution in [1.82, 2.24) is 0 Å². The van der Waals surface area contributed by atoms with Crippen LogP contribution in [-0.2, 0) is 4.79 Å². The van der Waals surface area contributed by atoms with Crippen LogP contribution in [0.4, 0.5) is 11.4 Å². The predicted molar refractivity (Wildman–Crippen MR) is 125 cm³/mol. The fourth-order valence-electron chi connectivity index (χ4n) is 2.54. The smallest absolute Gasteiger partial charge is 0.262 e. The molecule has 0 heterocycles. The van der Waals surface area contributed by atoms with Gasteiger partial charge in [-0.1, -0.05) is 46.9 Å². The molecule has 4 nitrogen and oxygen atoms in total. The normalized spacial score (nSPS) is 11.0. The number of halogens is 3. The summed E-state index contributed by atoms with van der Waals surface area (Å²) in [7, 11) is 0. The first-order chi connectivity index (χ1) is 14.3. The van der Waals surface area contributed by atoms with Gasteiger partial charge >= 0.3 is 0 Å². The molecule has 0 unspecified atom stereocenters. The molecule has 0 atom stereocenters. The summed E-state index contributed by atoms with van der Waals surface area (Å²) < 4.78 is 5.53. The van der Waals surface area contributed by atoms with Crippen molar-refractivity contribution in [3.63, 3.8) is 0 Å². The molecule has 0 aliphatic carbocycles. The molecular weight excluding hydrogens is 443 g/mol. The van der Waals surface area contributed by atoms with Gasteiger partial charge in [0.15, 0.2) is 6.61 Å². The Morgan fingerprint density at radius 2 is 1.63 bits per heavy atom. The average Bonchev–Trinajstić information content (AvgIpc) is 2.71. The molecule has 0 aliphatic rings. The second-order valence-electron chi connectivity index (χ2n) is 6.68. The lowest BCUT2D eigenvalue weighted by molar-refractivity contribution is -0.118. The molecule has 0 bridgehead atoms. The van der Waals surface area contributed by atoms with E-state index in [-0.39, 0.29) is 12.5 Å². The number of ether oxygens (including phenoxy) is 1. The van der Waals surface area contributed by atoms with Gasteiger partial charge in [-0.15, -0.1) is 0 Å². The fraction of sp³-hybridized carbons (Fsp3) is 0.130. The number of nitrogens with zero attached hydrogens (tertiary/aromatic N) is 1. The number of hydrogen-bond acceptors (Lipinski definition) is 3. The molecule has 3 aromatic rings. The zero-order chi connectivity index (χ0) is 21.7. The van der Waals surface area contributed by atoms with Crippen LogP contribution in [0, 0.1) is 13.8 Å². The van der Waals surface area contributed by atoms with Crippen LogP contribution in [0.2, 0.25) is 15.1 Å². The Kier molecular flexibility index (Phi) is 7.38. The van der Waals surface area contributed by atoms with Gasteiger partial charge in [0.1, 0.15) is 5.75 Å². The Morgan fingerprint density at radius 1 is 0.933 bits per heavy atom. The minimum Gasteiger partial charge on any atom is -0.482 e. The summed E-state index contributed by atoms with van der Waals surface area (Å²) in [6.45, 7) is 3.65. The Morgan fingerprint density at radius 3 is 2.30 bits per heavy atom. The van der Waals surface area contributed by atoms with Crippen molar-refractivity contribution < 1.29 is 9.53 Å². The predicted octanol–water partition coefficient (Wildman–Crippen LogP) is 7.03. The van der Waals surface area contributed by atoms with Crippen LogP contribution in [0.15, 0.2) is 59.6 Å². The quantitative estimate of drug-likeness (QED) is 0.400. The van der Waals surface area contributed by atoms with Crippen LogP contribution >= 0.6 is 34.8 Å². The van der Waals surface area contributed by atoms with Crippen LogP contribution in [0.5, 0.6) is 5.75 Å². The highest BCUT2D eigenvalue weighted by Gasteiger charge is 2.08. The standard InChI is InChI=1S/C23H19Cl3N2O2/c1-14-3-6-17(10-19(14)24)27-12-16-5-8-22(21(26)9-16)30-13-23(29)28-18-7-4-15(2)20(25)11-18/h3-12H,13H2,1-2H3,(H,28,29). The van der Waals surface area contributed by atoms with E-state index in [0.717, 1.165) is 22.4 Å². The van der Waals surface area contributed by atoms with Crippen molar-refractivity contribution in [1.29, 1.82) is 0 Å². The van der Waals surface area contributed by atoms with Gasteiger partial charge in [0.2, 0.25) is 0 Å². The van der Waals surface area contributed by atoms with Crippen molar-refractivity contribution in [2.45, 2.75) is 13.8 Å². The summed E-state index contributed by atoms with van der Waals surface area (Å²) in [4.78, 5) is 16.5. The summed E-state index contributed by atoms with van der Waals surface area (Å²) in [6, 6.07) is 16.1. The minimum absolute atomic E-state index is 0.180. The third kappa shape index (κ3) is 5.99. The summed E-state index contributed by atoms with van der Waals surface area (Å²) >= 11 is 18.5. The number of carbonyl (C=O) groups is 1.